The molecule has 2 aliphatic rings. The van der Waals surface area contributed by atoms with Crippen LogP contribution in [0.1, 0.15) is 40.7 Å². The Balaban J connectivity index is 1.14. The summed E-state index contributed by atoms with van der Waals surface area (Å²) in [7, 11) is 0. The van der Waals surface area contributed by atoms with Crippen molar-refractivity contribution in [1.82, 2.24) is 15.1 Å². The van der Waals surface area contributed by atoms with Crippen LogP contribution in [0.25, 0.3) is 0 Å². The number of nitrogens with one attached hydrogen (secondary N) is 1. The summed E-state index contributed by atoms with van der Waals surface area (Å²) in [5, 5.41) is 13.3. The minimum atomic E-state index is -0.595. The predicted octanol–water partition coefficient (Wildman–Crippen LogP) is 2.70. The summed E-state index contributed by atoms with van der Waals surface area (Å²) in [5.41, 5.74) is 3.30. The quantitative estimate of drug-likeness (QED) is 0.560. The molecule has 1 saturated heterocycles. The molecule has 172 valence electrons. The molecule has 2 N–H and O–H groups in total. The highest BCUT2D eigenvalue weighted by Gasteiger charge is 2.19. The number of β-amino-alcohol motifs (C(OH)–C–C–N with tert-alkyl or cyclic N) is 1. The van der Waals surface area contributed by atoms with Crippen LogP contribution in [-0.4, -0.2) is 72.8 Å². The number of carbonyl (C=O) groups excluding carboxylic acids is 1. The summed E-state index contributed by atoms with van der Waals surface area (Å²) < 4.78 is 5.80. The highest BCUT2D eigenvalue weighted by Crippen LogP contribution is 2.18. The molecular weight excluding hydrogens is 402 g/mol. The Morgan fingerprint density at radius 1 is 1.00 bits per heavy atom. The molecule has 1 amide bonds. The number of aliphatic hydroxyl groups is 1. The second kappa shape index (κ2) is 11.5. The minimum Gasteiger partial charge on any atom is -0.494 e. The van der Waals surface area contributed by atoms with Gasteiger partial charge in [0.05, 0.1) is 12.7 Å². The Labute approximate surface area is 191 Å². The number of hydrogen-bond acceptors (Lipinski definition) is 5. The Kier molecular flexibility index (Phi) is 8.15. The van der Waals surface area contributed by atoms with E-state index in [2.05, 4.69) is 39.4 Å². The van der Waals surface area contributed by atoms with Crippen molar-refractivity contribution in [3.8, 4) is 5.75 Å². The first kappa shape index (κ1) is 22.8. The zero-order chi connectivity index (χ0) is 22.2. The Morgan fingerprint density at radius 2 is 1.75 bits per heavy atom. The molecule has 0 spiro atoms. The number of nitrogens with zero attached hydrogens (tertiary/aromatic N) is 2. The van der Waals surface area contributed by atoms with E-state index >= 15 is 0 Å². The number of benzene rings is 2. The van der Waals surface area contributed by atoms with Gasteiger partial charge in [-0.1, -0.05) is 24.3 Å². The summed E-state index contributed by atoms with van der Waals surface area (Å²) in [6.45, 7) is 6.78. The van der Waals surface area contributed by atoms with Crippen molar-refractivity contribution in [2.24, 2.45) is 0 Å². The normalized spacial score (nSPS) is 17.7. The van der Waals surface area contributed by atoms with Gasteiger partial charge in [-0.2, -0.15) is 0 Å². The van der Waals surface area contributed by atoms with Crippen LogP contribution in [-0.2, 0) is 13.0 Å². The van der Waals surface area contributed by atoms with Gasteiger partial charge in [0, 0.05) is 38.3 Å². The largest absolute Gasteiger partial charge is 0.494 e. The van der Waals surface area contributed by atoms with Crippen molar-refractivity contribution in [1.29, 1.82) is 0 Å². The van der Waals surface area contributed by atoms with Crippen molar-refractivity contribution in [3.05, 3.63) is 65.2 Å². The molecule has 0 bridgehead atoms. The average Bonchev–Trinajstić information content (AvgIpc) is 3.34. The van der Waals surface area contributed by atoms with E-state index < -0.39 is 6.10 Å². The Bertz CT molecular complexity index is 865. The van der Waals surface area contributed by atoms with E-state index in [1.165, 1.54) is 37.1 Å². The van der Waals surface area contributed by atoms with Gasteiger partial charge in [-0.15, -0.1) is 0 Å². The van der Waals surface area contributed by atoms with Crippen molar-refractivity contribution in [3.63, 3.8) is 0 Å². The zero-order valence-electron chi connectivity index (χ0n) is 18.8. The first-order chi connectivity index (χ1) is 15.7. The Hall–Kier alpha value is -2.41. The number of carbonyl (C=O) groups is 1. The highest BCUT2D eigenvalue weighted by molar-refractivity contribution is 5.94. The molecule has 32 heavy (non-hydrogen) atoms. The van der Waals surface area contributed by atoms with E-state index in [-0.39, 0.29) is 12.5 Å². The molecule has 1 atom stereocenters. The summed E-state index contributed by atoms with van der Waals surface area (Å²) in [6, 6.07) is 15.7. The van der Waals surface area contributed by atoms with Gasteiger partial charge < -0.3 is 20.1 Å². The molecule has 4 rings (SSSR count). The number of aliphatic hydroxyl groups excluding tert-OH is 1. The van der Waals surface area contributed by atoms with E-state index in [0.717, 1.165) is 38.2 Å². The minimum absolute atomic E-state index is 0.173. The predicted molar refractivity (Wildman–Crippen MR) is 126 cm³/mol. The lowest BCUT2D eigenvalue weighted by molar-refractivity contribution is 0.0842. The second-order valence-corrected chi connectivity index (χ2v) is 8.89. The molecule has 6 heteroatoms. The van der Waals surface area contributed by atoms with Crippen LogP contribution in [0.5, 0.6) is 5.75 Å². The van der Waals surface area contributed by atoms with E-state index in [9.17, 15) is 9.90 Å². The molecule has 6 nitrogen and oxygen atoms in total. The van der Waals surface area contributed by atoms with E-state index in [0.29, 0.717) is 18.7 Å². The number of hydrogen-bond donors (Lipinski definition) is 2. The molecule has 2 aromatic rings. The third-order valence-electron chi connectivity index (χ3n) is 6.38. The topological polar surface area (TPSA) is 65.0 Å². The fourth-order valence-electron chi connectivity index (χ4n) is 4.57. The van der Waals surface area contributed by atoms with Gasteiger partial charge in [-0.25, -0.2) is 0 Å². The van der Waals surface area contributed by atoms with Gasteiger partial charge in [0.1, 0.15) is 5.75 Å². The van der Waals surface area contributed by atoms with Crippen LogP contribution in [0.4, 0.5) is 0 Å². The lowest BCUT2D eigenvalue weighted by Crippen LogP contribution is -2.42. The number of fused-ring (bicyclic) bond motifs is 1. The molecule has 1 unspecified atom stereocenters. The first-order valence-electron chi connectivity index (χ1n) is 11.9. The van der Waals surface area contributed by atoms with Gasteiger partial charge in [-0.05, 0) is 74.2 Å². The third kappa shape index (κ3) is 6.55. The summed E-state index contributed by atoms with van der Waals surface area (Å²) in [6.07, 6.45) is 4.05. The number of amides is 1. The molecule has 2 aliphatic heterocycles. The molecule has 0 saturated carbocycles. The molecule has 2 aromatic carbocycles. The van der Waals surface area contributed by atoms with Crippen LogP contribution < -0.4 is 10.1 Å². The number of ether oxygens (including phenoxy) is 1. The molecule has 0 radical (unpaired) electrons. The average molecular weight is 438 g/mol. The van der Waals surface area contributed by atoms with Gasteiger partial charge in [0.25, 0.3) is 5.91 Å². The van der Waals surface area contributed by atoms with Crippen LogP contribution in [0.3, 0.4) is 0 Å². The number of rotatable bonds is 10. The molecule has 1 fully saturated rings. The van der Waals surface area contributed by atoms with Crippen molar-refractivity contribution in [2.75, 3.05) is 45.9 Å². The maximum Gasteiger partial charge on any atom is 0.251 e. The summed E-state index contributed by atoms with van der Waals surface area (Å²) >= 11 is 0. The van der Waals surface area contributed by atoms with Gasteiger partial charge in [0.15, 0.2) is 0 Å². The van der Waals surface area contributed by atoms with Crippen LogP contribution in [0, 0.1) is 0 Å². The van der Waals surface area contributed by atoms with Crippen LogP contribution in [0.15, 0.2) is 48.5 Å². The molecule has 0 aliphatic carbocycles. The molecule has 2 heterocycles. The lowest BCUT2D eigenvalue weighted by atomic mass is 10.00. The van der Waals surface area contributed by atoms with Gasteiger partial charge in [0.2, 0.25) is 0 Å². The Morgan fingerprint density at radius 3 is 2.53 bits per heavy atom. The van der Waals surface area contributed by atoms with Gasteiger partial charge >= 0.3 is 0 Å². The second-order valence-electron chi connectivity index (χ2n) is 8.89. The van der Waals surface area contributed by atoms with Crippen LogP contribution in [0.2, 0.25) is 0 Å². The lowest BCUT2D eigenvalue weighted by Gasteiger charge is -2.30. The SMILES string of the molecule is O=C(NCC(O)CN1CCc2ccccc2C1)c1ccc(OCCCN2CCCC2)cc1. The molecule has 0 aromatic heterocycles. The van der Waals surface area contributed by atoms with E-state index in [4.69, 9.17) is 4.74 Å². The first-order valence-corrected chi connectivity index (χ1v) is 11.9. The third-order valence-corrected chi connectivity index (χ3v) is 6.38. The van der Waals surface area contributed by atoms with Crippen LogP contribution >= 0.6 is 0 Å². The summed E-state index contributed by atoms with van der Waals surface area (Å²) in [5.74, 6) is 0.613. The summed E-state index contributed by atoms with van der Waals surface area (Å²) in [4.78, 5) is 17.2. The highest BCUT2D eigenvalue weighted by atomic mass is 16.5. The smallest absolute Gasteiger partial charge is 0.251 e. The van der Waals surface area contributed by atoms with E-state index in [1.807, 2.05) is 12.1 Å². The van der Waals surface area contributed by atoms with Crippen molar-refractivity contribution < 1.29 is 14.6 Å². The van der Waals surface area contributed by atoms with Crippen molar-refractivity contribution in [2.45, 2.75) is 38.3 Å². The zero-order valence-corrected chi connectivity index (χ0v) is 18.8. The maximum absolute atomic E-state index is 12.4. The van der Waals surface area contributed by atoms with Gasteiger partial charge in [-0.3, -0.25) is 9.69 Å². The fraction of sp³-hybridized carbons (Fsp3) is 0.500. The number of likely N-dealkylation sites (tertiary alicyclic amines) is 1. The maximum atomic E-state index is 12.4. The van der Waals surface area contributed by atoms with E-state index in [1.54, 1.807) is 12.1 Å². The fourth-order valence-corrected chi connectivity index (χ4v) is 4.57. The monoisotopic (exact) mass is 437 g/mol. The standard InChI is InChI=1S/C26H35N3O3/c30-24(20-29-16-12-21-6-1-2-7-23(21)19-29)18-27-26(31)22-8-10-25(11-9-22)32-17-5-15-28-13-3-4-14-28/h1-2,6-11,24,30H,3-5,12-20H2,(H,27,31). The van der Waals surface area contributed by atoms with Crippen molar-refractivity contribution >= 4 is 5.91 Å². The molecular formula is C26H35N3O3.